The van der Waals surface area contributed by atoms with Gasteiger partial charge in [0.05, 0.1) is 11.9 Å². The van der Waals surface area contributed by atoms with E-state index in [4.69, 9.17) is 0 Å². The van der Waals surface area contributed by atoms with Crippen molar-refractivity contribution in [2.45, 2.75) is 6.92 Å². The molecule has 0 unspecified atom stereocenters. The van der Waals surface area contributed by atoms with Gasteiger partial charge in [-0.3, -0.25) is 4.99 Å². The van der Waals surface area contributed by atoms with E-state index in [1.165, 1.54) is 0 Å². The molecule has 2 nitrogen and oxygen atoms in total. The Morgan fingerprint density at radius 3 is 3.38 bits per heavy atom. The van der Waals surface area contributed by atoms with Crippen molar-refractivity contribution in [3.8, 4) is 0 Å². The molecule has 0 bridgehead atoms. The highest BCUT2D eigenvalue weighted by atomic mass is 14.8. The van der Waals surface area contributed by atoms with Crippen LogP contribution in [0.15, 0.2) is 28.0 Å². The minimum absolute atomic E-state index is 0.909. The minimum Gasteiger partial charge on any atom is -0.259 e. The Morgan fingerprint density at radius 2 is 2.50 bits per heavy atom. The second-order valence-electron chi connectivity index (χ2n) is 1.47. The predicted octanol–water partition coefficient (Wildman–Crippen LogP) is 1.16. The molecule has 1 aliphatic rings. The Hall–Kier alpha value is -1.14. The van der Waals surface area contributed by atoms with E-state index in [0.717, 1.165) is 5.70 Å². The third-order valence-corrected chi connectivity index (χ3v) is 0.753. The zero-order chi connectivity index (χ0) is 5.82. The van der Waals surface area contributed by atoms with Crippen molar-refractivity contribution in [1.82, 2.24) is 0 Å². The fourth-order valence-electron chi connectivity index (χ4n) is 0.395. The molecule has 0 fully saturated rings. The van der Waals surface area contributed by atoms with E-state index in [9.17, 15) is 0 Å². The van der Waals surface area contributed by atoms with Crippen LogP contribution >= 0.6 is 0 Å². The van der Waals surface area contributed by atoms with E-state index in [1.54, 1.807) is 18.5 Å². The van der Waals surface area contributed by atoms with Gasteiger partial charge in [0, 0.05) is 12.3 Å². The van der Waals surface area contributed by atoms with Crippen molar-refractivity contribution < 1.29 is 0 Å². The second-order valence-corrected chi connectivity index (χ2v) is 1.47. The standard InChI is InChI=1S/C6H6N2/c1-6-5-7-3-2-4-8-6/h2,4-5H,1H3. The molecular weight excluding hydrogens is 100 g/mol. The molecule has 0 saturated heterocycles. The second kappa shape index (κ2) is 2.24. The summed E-state index contributed by atoms with van der Waals surface area (Å²) in [5.74, 6) is 2.65. The average Bonchev–Trinajstić information content (AvgIpc) is 1.94. The van der Waals surface area contributed by atoms with Crippen molar-refractivity contribution in [2.75, 3.05) is 0 Å². The first-order valence-corrected chi connectivity index (χ1v) is 2.37. The summed E-state index contributed by atoms with van der Waals surface area (Å²) in [6, 6.07) is 0. The third-order valence-electron chi connectivity index (χ3n) is 0.753. The van der Waals surface area contributed by atoms with Crippen LogP contribution in [0.5, 0.6) is 0 Å². The van der Waals surface area contributed by atoms with Crippen LogP contribution in [0, 0.1) is 0 Å². The van der Waals surface area contributed by atoms with Crippen molar-refractivity contribution in [3.05, 3.63) is 18.0 Å². The number of aliphatic imine (C=N–C) groups is 2. The number of rotatable bonds is 0. The summed E-state index contributed by atoms with van der Waals surface area (Å²) in [7, 11) is 0. The van der Waals surface area contributed by atoms with E-state index >= 15 is 0 Å². The van der Waals surface area contributed by atoms with Gasteiger partial charge >= 0.3 is 0 Å². The molecule has 0 N–H and O–H groups in total. The molecule has 1 aliphatic heterocycles. The minimum atomic E-state index is 0.909. The first kappa shape index (κ1) is 5.01. The van der Waals surface area contributed by atoms with E-state index in [-0.39, 0.29) is 0 Å². The summed E-state index contributed by atoms with van der Waals surface area (Å²) < 4.78 is 0. The van der Waals surface area contributed by atoms with Gasteiger partial charge in [-0.25, -0.2) is 4.99 Å². The highest BCUT2D eigenvalue weighted by Crippen LogP contribution is 1.93. The van der Waals surface area contributed by atoms with Gasteiger partial charge in [0.1, 0.15) is 0 Å². The summed E-state index contributed by atoms with van der Waals surface area (Å²) in [5.41, 5.74) is 0.909. The quantitative estimate of drug-likeness (QED) is 0.442. The Labute approximate surface area is 48.0 Å². The molecule has 0 aliphatic carbocycles. The summed E-state index contributed by atoms with van der Waals surface area (Å²) in [6.07, 6.45) is 5.01. The lowest BCUT2D eigenvalue weighted by molar-refractivity contribution is 1.29. The molecule has 8 heavy (non-hydrogen) atoms. The highest BCUT2D eigenvalue weighted by Gasteiger charge is 1.78. The normalized spacial score (nSPS) is 15.9. The first-order chi connectivity index (χ1) is 3.89. The van der Waals surface area contributed by atoms with Gasteiger partial charge in [0.25, 0.3) is 0 Å². The molecule has 1 rings (SSSR count). The molecule has 0 amide bonds. The van der Waals surface area contributed by atoms with Gasteiger partial charge < -0.3 is 0 Å². The van der Waals surface area contributed by atoms with Gasteiger partial charge in [-0.2, -0.15) is 0 Å². The first-order valence-electron chi connectivity index (χ1n) is 2.37. The van der Waals surface area contributed by atoms with Gasteiger partial charge in [-0.15, -0.1) is 0 Å². The lowest BCUT2D eigenvalue weighted by Gasteiger charge is -1.79. The summed E-state index contributed by atoms with van der Waals surface area (Å²) >= 11 is 0. The smallest absolute Gasteiger partial charge is 0.0580 e. The average molecular weight is 106 g/mol. The summed E-state index contributed by atoms with van der Waals surface area (Å²) in [5, 5.41) is 0. The molecule has 0 aromatic carbocycles. The van der Waals surface area contributed by atoms with Crippen molar-refractivity contribution in [2.24, 2.45) is 9.98 Å². The third kappa shape index (κ3) is 1.17. The van der Waals surface area contributed by atoms with Gasteiger partial charge in [0.15, 0.2) is 0 Å². The maximum Gasteiger partial charge on any atom is 0.0580 e. The van der Waals surface area contributed by atoms with Crippen molar-refractivity contribution >= 4 is 12.1 Å². The van der Waals surface area contributed by atoms with Gasteiger partial charge in [-0.1, -0.05) is 0 Å². The predicted molar refractivity (Wildman–Crippen MR) is 34.3 cm³/mol. The largest absolute Gasteiger partial charge is 0.259 e. The SMILES string of the molecule is CC1=CN=C=CC=N1. The van der Waals surface area contributed by atoms with Crippen LogP contribution in [0.3, 0.4) is 0 Å². The molecule has 0 atom stereocenters. The Bertz CT molecular complexity index is 193. The van der Waals surface area contributed by atoms with Crippen molar-refractivity contribution in [1.29, 1.82) is 0 Å². The molecule has 0 spiro atoms. The summed E-state index contributed by atoms with van der Waals surface area (Å²) in [6.45, 7) is 1.89. The molecule has 40 valence electrons. The van der Waals surface area contributed by atoms with Crippen LogP contribution in [0.4, 0.5) is 0 Å². The molecule has 0 aromatic heterocycles. The molecule has 1 heterocycles. The van der Waals surface area contributed by atoms with Crippen LogP contribution in [0.25, 0.3) is 0 Å². The zero-order valence-corrected chi connectivity index (χ0v) is 4.63. The number of allylic oxidation sites excluding steroid dienone is 2. The van der Waals surface area contributed by atoms with Crippen LogP contribution in [0.2, 0.25) is 0 Å². The maximum atomic E-state index is 3.95. The Balaban J connectivity index is 2.90. The zero-order valence-electron chi connectivity index (χ0n) is 4.63. The van der Waals surface area contributed by atoms with E-state index in [2.05, 4.69) is 15.9 Å². The van der Waals surface area contributed by atoms with E-state index in [1.807, 2.05) is 6.92 Å². The van der Waals surface area contributed by atoms with Crippen molar-refractivity contribution in [3.63, 3.8) is 0 Å². The van der Waals surface area contributed by atoms with Gasteiger partial charge in [-0.05, 0) is 12.8 Å². The lowest BCUT2D eigenvalue weighted by atomic mass is 10.5. The Kier molecular flexibility index (Phi) is 1.40. The van der Waals surface area contributed by atoms with Gasteiger partial charge in [0.2, 0.25) is 0 Å². The number of nitrogens with zero attached hydrogens (tertiary/aromatic N) is 2. The van der Waals surface area contributed by atoms with E-state index < -0.39 is 0 Å². The molecular formula is C6H6N2. The number of hydrogen-bond acceptors (Lipinski definition) is 2. The van der Waals surface area contributed by atoms with E-state index in [0.29, 0.717) is 0 Å². The Morgan fingerprint density at radius 1 is 1.62 bits per heavy atom. The maximum absolute atomic E-state index is 3.95. The van der Waals surface area contributed by atoms with Crippen LogP contribution in [0.1, 0.15) is 6.92 Å². The topological polar surface area (TPSA) is 24.7 Å². The number of hydrogen-bond donors (Lipinski definition) is 0. The monoisotopic (exact) mass is 106 g/mol. The van der Waals surface area contributed by atoms with Crippen LogP contribution in [-0.2, 0) is 0 Å². The molecule has 0 aromatic rings. The molecule has 2 heteroatoms. The molecule has 0 radical (unpaired) electrons. The lowest BCUT2D eigenvalue weighted by Crippen LogP contribution is -1.64. The fourth-order valence-corrected chi connectivity index (χ4v) is 0.395. The fraction of sp³-hybridized carbons (Fsp3) is 0.167. The van der Waals surface area contributed by atoms with Crippen LogP contribution < -0.4 is 0 Å². The summed E-state index contributed by atoms with van der Waals surface area (Å²) in [4.78, 5) is 7.71. The highest BCUT2D eigenvalue weighted by molar-refractivity contribution is 5.84. The molecule has 0 saturated carbocycles. The van der Waals surface area contributed by atoms with Crippen LogP contribution in [-0.4, -0.2) is 12.1 Å².